The quantitative estimate of drug-likeness (QED) is 0.686. The third kappa shape index (κ3) is 4.86. The number of rotatable bonds is 4. The van der Waals surface area contributed by atoms with Crippen LogP contribution in [-0.2, 0) is 9.53 Å². The molecule has 1 aromatic carbocycles. The highest BCUT2D eigenvalue weighted by Crippen LogP contribution is 2.17. The molecular weight excluding hydrogens is 278 g/mol. The molecular formula is C18H25NO3. The minimum absolute atomic E-state index is 0.203. The molecule has 2 rings (SSSR count). The number of carbonyl (C=O) groups excluding carboxylic acids is 2. The van der Waals surface area contributed by atoms with E-state index in [0.29, 0.717) is 5.56 Å². The number of hydrogen-bond donors (Lipinski definition) is 1. The van der Waals surface area contributed by atoms with Gasteiger partial charge in [0.05, 0.1) is 5.56 Å². The van der Waals surface area contributed by atoms with Gasteiger partial charge in [-0.1, -0.05) is 43.4 Å². The van der Waals surface area contributed by atoms with E-state index in [9.17, 15) is 9.59 Å². The summed E-state index contributed by atoms with van der Waals surface area (Å²) in [5.41, 5.74) is 2.39. The molecule has 1 amide bonds. The Morgan fingerprint density at radius 3 is 2.50 bits per heavy atom. The summed E-state index contributed by atoms with van der Waals surface area (Å²) in [6.45, 7) is 3.58. The van der Waals surface area contributed by atoms with Gasteiger partial charge in [-0.25, -0.2) is 4.79 Å². The van der Waals surface area contributed by atoms with Gasteiger partial charge in [-0.2, -0.15) is 0 Å². The molecule has 0 radical (unpaired) electrons. The smallest absolute Gasteiger partial charge is 0.338 e. The number of carbonyl (C=O) groups is 2. The number of amides is 1. The number of ether oxygens (including phenoxy) is 1. The molecule has 4 heteroatoms. The first kappa shape index (κ1) is 16.5. The summed E-state index contributed by atoms with van der Waals surface area (Å²) in [4.78, 5) is 24.0. The second-order valence-corrected chi connectivity index (χ2v) is 6.15. The highest BCUT2D eigenvalue weighted by atomic mass is 16.5. The Bertz CT molecular complexity index is 531. The molecule has 1 fully saturated rings. The third-order valence-corrected chi connectivity index (χ3v) is 4.17. The van der Waals surface area contributed by atoms with E-state index in [2.05, 4.69) is 5.32 Å². The molecule has 1 saturated carbocycles. The SMILES string of the molecule is Cc1ccc(C)c(C(=O)OCC(=O)NC2CCCCCC2)c1. The van der Waals surface area contributed by atoms with Crippen LogP contribution >= 0.6 is 0 Å². The topological polar surface area (TPSA) is 55.4 Å². The van der Waals surface area contributed by atoms with Gasteiger partial charge >= 0.3 is 5.97 Å². The van der Waals surface area contributed by atoms with Gasteiger partial charge in [-0.3, -0.25) is 4.79 Å². The average molecular weight is 303 g/mol. The second kappa shape index (κ2) is 7.97. The Morgan fingerprint density at radius 2 is 1.82 bits per heavy atom. The number of aryl methyl sites for hydroxylation is 2. The van der Waals surface area contributed by atoms with Gasteiger partial charge in [0.25, 0.3) is 5.91 Å². The van der Waals surface area contributed by atoms with Crippen molar-refractivity contribution < 1.29 is 14.3 Å². The summed E-state index contributed by atoms with van der Waals surface area (Å²) >= 11 is 0. The fraction of sp³-hybridized carbons (Fsp3) is 0.556. The zero-order valence-corrected chi connectivity index (χ0v) is 13.5. The molecule has 1 N–H and O–H groups in total. The first-order valence-corrected chi connectivity index (χ1v) is 8.10. The molecule has 22 heavy (non-hydrogen) atoms. The van der Waals surface area contributed by atoms with E-state index in [-0.39, 0.29) is 18.6 Å². The molecule has 0 unspecified atom stereocenters. The van der Waals surface area contributed by atoms with Gasteiger partial charge in [0.15, 0.2) is 6.61 Å². The molecule has 0 bridgehead atoms. The van der Waals surface area contributed by atoms with Crippen molar-refractivity contribution >= 4 is 11.9 Å². The Labute approximate surface area is 132 Å². The molecule has 0 saturated heterocycles. The highest BCUT2D eigenvalue weighted by Gasteiger charge is 2.17. The van der Waals surface area contributed by atoms with E-state index in [1.165, 1.54) is 12.8 Å². The Kier molecular flexibility index (Phi) is 5.99. The Hall–Kier alpha value is -1.84. The lowest BCUT2D eigenvalue weighted by atomic mass is 10.1. The highest BCUT2D eigenvalue weighted by molar-refractivity contribution is 5.92. The molecule has 0 spiro atoms. The number of esters is 1. The average Bonchev–Trinajstić information content (AvgIpc) is 2.76. The first-order valence-electron chi connectivity index (χ1n) is 8.10. The van der Waals surface area contributed by atoms with Crippen LogP contribution in [0.1, 0.15) is 60.0 Å². The lowest BCUT2D eigenvalue weighted by molar-refractivity contribution is -0.125. The molecule has 1 aromatic rings. The molecule has 0 heterocycles. The molecule has 0 aromatic heterocycles. The van der Waals surface area contributed by atoms with Gasteiger partial charge < -0.3 is 10.1 Å². The van der Waals surface area contributed by atoms with Crippen molar-refractivity contribution in [3.05, 3.63) is 34.9 Å². The van der Waals surface area contributed by atoms with Crippen LogP contribution in [0.3, 0.4) is 0 Å². The standard InChI is InChI=1S/C18H25NO3/c1-13-9-10-14(2)16(11-13)18(21)22-12-17(20)19-15-7-5-3-4-6-8-15/h9-11,15H,3-8,12H2,1-2H3,(H,19,20). The molecule has 4 nitrogen and oxygen atoms in total. The minimum Gasteiger partial charge on any atom is -0.452 e. The van der Waals surface area contributed by atoms with Crippen LogP contribution in [0.15, 0.2) is 18.2 Å². The second-order valence-electron chi connectivity index (χ2n) is 6.15. The molecule has 1 aliphatic carbocycles. The van der Waals surface area contributed by atoms with Gasteiger partial charge in [0.2, 0.25) is 0 Å². The van der Waals surface area contributed by atoms with Gasteiger partial charge in [0.1, 0.15) is 0 Å². The van der Waals surface area contributed by atoms with E-state index in [1.54, 1.807) is 6.07 Å². The van der Waals surface area contributed by atoms with Crippen molar-refractivity contribution in [3.8, 4) is 0 Å². The van der Waals surface area contributed by atoms with Crippen LogP contribution in [0.5, 0.6) is 0 Å². The lowest BCUT2D eigenvalue weighted by Gasteiger charge is -2.16. The third-order valence-electron chi connectivity index (χ3n) is 4.17. The largest absolute Gasteiger partial charge is 0.452 e. The van der Waals surface area contributed by atoms with Crippen molar-refractivity contribution in [3.63, 3.8) is 0 Å². The zero-order chi connectivity index (χ0) is 15.9. The number of nitrogens with one attached hydrogen (secondary N) is 1. The van der Waals surface area contributed by atoms with Crippen molar-refractivity contribution in [1.29, 1.82) is 0 Å². The first-order chi connectivity index (χ1) is 10.6. The maximum Gasteiger partial charge on any atom is 0.338 e. The van der Waals surface area contributed by atoms with Crippen LogP contribution in [0.4, 0.5) is 0 Å². The predicted octanol–water partition coefficient (Wildman–Crippen LogP) is 3.30. The van der Waals surface area contributed by atoms with Crippen LogP contribution in [-0.4, -0.2) is 24.5 Å². The number of hydrogen-bond acceptors (Lipinski definition) is 3. The summed E-state index contributed by atoms with van der Waals surface area (Å²) in [6, 6.07) is 5.86. The van der Waals surface area contributed by atoms with Crippen LogP contribution in [0.2, 0.25) is 0 Å². The van der Waals surface area contributed by atoms with Crippen molar-refractivity contribution in [2.75, 3.05) is 6.61 Å². The van der Waals surface area contributed by atoms with Crippen LogP contribution in [0, 0.1) is 13.8 Å². The molecule has 120 valence electrons. The van der Waals surface area contributed by atoms with Gasteiger partial charge in [0, 0.05) is 6.04 Å². The fourth-order valence-corrected chi connectivity index (χ4v) is 2.86. The maximum absolute atomic E-state index is 12.1. The Balaban J connectivity index is 1.82. The van der Waals surface area contributed by atoms with Gasteiger partial charge in [-0.15, -0.1) is 0 Å². The minimum atomic E-state index is -0.433. The van der Waals surface area contributed by atoms with Gasteiger partial charge in [-0.05, 0) is 38.3 Å². The summed E-state index contributed by atoms with van der Waals surface area (Å²) in [5, 5.41) is 2.98. The lowest BCUT2D eigenvalue weighted by Crippen LogP contribution is -2.37. The number of benzene rings is 1. The van der Waals surface area contributed by atoms with Crippen molar-refractivity contribution in [2.45, 2.75) is 58.4 Å². The van der Waals surface area contributed by atoms with E-state index >= 15 is 0 Å². The maximum atomic E-state index is 12.1. The van der Waals surface area contributed by atoms with Crippen LogP contribution < -0.4 is 5.32 Å². The summed E-state index contributed by atoms with van der Waals surface area (Å²) in [5.74, 6) is -0.636. The summed E-state index contributed by atoms with van der Waals surface area (Å²) in [6.07, 6.45) is 6.86. The zero-order valence-electron chi connectivity index (χ0n) is 13.5. The van der Waals surface area contributed by atoms with Crippen LogP contribution in [0.25, 0.3) is 0 Å². The Morgan fingerprint density at radius 1 is 1.14 bits per heavy atom. The van der Waals surface area contributed by atoms with E-state index < -0.39 is 5.97 Å². The van der Waals surface area contributed by atoms with E-state index in [1.807, 2.05) is 26.0 Å². The van der Waals surface area contributed by atoms with Crippen molar-refractivity contribution in [1.82, 2.24) is 5.32 Å². The molecule has 1 aliphatic rings. The predicted molar refractivity (Wildman–Crippen MR) is 85.8 cm³/mol. The summed E-state index contributed by atoms with van der Waals surface area (Å²) in [7, 11) is 0. The molecule has 0 atom stereocenters. The van der Waals surface area contributed by atoms with E-state index in [4.69, 9.17) is 4.74 Å². The fourth-order valence-electron chi connectivity index (χ4n) is 2.86. The monoisotopic (exact) mass is 303 g/mol. The normalized spacial score (nSPS) is 15.9. The van der Waals surface area contributed by atoms with E-state index in [0.717, 1.165) is 36.8 Å². The van der Waals surface area contributed by atoms with Crippen molar-refractivity contribution in [2.24, 2.45) is 0 Å². The molecule has 0 aliphatic heterocycles. The summed E-state index contributed by atoms with van der Waals surface area (Å²) < 4.78 is 5.15.